The maximum absolute atomic E-state index is 12.3. The highest BCUT2D eigenvalue weighted by Crippen LogP contribution is 2.33. The lowest BCUT2D eigenvalue weighted by molar-refractivity contribution is -0.120. The number of thiazole rings is 1. The van der Waals surface area contributed by atoms with Crippen LogP contribution in [0.15, 0.2) is 42.5 Å². The number of carbonyl (C=O) groups is 1. The summed E-state index contributed by atoms with van der Waals surface area (Å²) in [6.45, 7) is 3.34. The Morgan fingerprint density at radius 1 is 1.29 bits per heavy atom. The number of fused-ring (bicyclic) bond motifs is 1. The van der Waals surface area contributed by atoms with E-state index in [1.165, 1.54) is 4.70 Å². The topological polar surface area (TPSA) is 45.2 Å². The second kappa shape index (κ2) is 6.07. The summed E-state index contributed by atoms with van der Waals surface area (Å²) in [5.74, 6) is 0.0179. The van der Waals surface area contributed by atoms with Crippen LogP contribution >= 0.6 is 22.9 Å². The molecular weight excluding hydrogens is 342 g/mol. The summed E-state index contributed by atoms with van der Waals surface area (Å²) in [5.41, 5.74) is 2.76. The van der Waals surface area contributed by atoms with E-state index < -0.39 is 0 Å². The van der Waals surface area contributed by atoms with E-state index in [4.69, 9.17) is 11.6 Å². The van der Waals surface area contributed by atoms with E-state index in [1.807, 2.05) is 37.3 Å². The van der Waals surface area contributed by atoms with Crippen LogP contribution in [0, 0.1) is 12.8 Å². The number of benzene rings is 2. The molecule has 1 amide bonds. The highest BCUT2D eigenvalue weighted by Gasteiger charge is 2.34. The van der Waals surface area contributed by atoms with Crippen LogP contribution in [-0.4, -0.2) is 24.0 Å². The molecule has 0 bridgehead atoms. The second-order valence-electron chi connectivity index (χ2n) is 6.02. The standard InChI is InChI=1S/C18H16ClN3OS/c1-11-6-7-13(8-14(11)19)20-17(23)12-9-22(10-12)18-21-15-4-2-3-5-16(15)24-18/h2-8,12H,9-10H2,1H3,(H,20,23). The van der Waals surface area contributed by atoms with Gasteiger partial charge in [0.2, 0.25) is 5.91 Å². The molecule has 1 fully saturated rings. The predicted molar refractivity (Wildman–Crippen MR) is 100 cm³/mol. The van der Waals surface area contributed by atoms with Crippen molar-refractivity contribution < 1.29 is 4.79 Å². The summed E-state index contributed by atoms with van der Waals surface area (Å²) in [6.07, 6.45) is 0. The van der Waals surface area contributed by atoms with Gasteiger partial charge in [0.15, 0.2) is 5.13 Å². The van der Waals surface area contributed by atoms with Crippen molar-refractivity contribution in [1.82, 2.24) is 4.98 Å². The van der Waals surface area contributed by atoms with Gasteiger partial charge in [0.25, 0.3) is 0 Å². The van der Waals surface area contributed by atoms with E-state index in [0.29, 0.717) is 18.1 Å². The van der Waals surface area contributed by atoms with Crippen LogP contribution in [0.5, 0.6) is 0 Å². The summed E-state index contributed by atoms with van der Waals surface area (Å²) >= 11 is 7.77. The number of aromatic nitrogens is 1. The van der Waals surface area contributed by atoms with Crippen LogP contribution in [-0.2, 0) is 4.79 Å². The van der Waals surface area contributed by atoms with Gasteiger partial charge in [-0.1, -0.05) is 41.1 Å². The minimum Gasteiger partial charge on any atom is -0.346 e. The predicted octanol–water partition coefficient (Wildman–Crippen LogP) is 4.33. The number of rotatable bonds is 3. The van der Waals surface area contributed by atoms with E-state index in [-0.39, 0.29) is 11.8 Å². The normalized spacial score (nSPS) is 14.7. The molecule has 1 aromatic heterocycles. The number of halogens is 1. The number of hydrogen-bond donors (Lipinski definition) is 1. The Morgan fingerprint density at radius 3 is 2.83 bits per heavy atom. The third kappa shape index (κ3) is 2.85. The van der Waals surface area contributed by atoms with Gasteiger partial charge in [-0.3, -0.25) is 4.79 Å². The van der Waals surface area contributed by atoms with Crippen LogP contribution in [0.2, 0.25) is 5.02 Å². The number of carbonyl (C=O) groups excluding carboxylic acids is 1. The maximum atomic E-state index is 12.3. The molecule has 0 saturated carbocycles. The highest BCUT2D eigenvalue weighted by molar-refractivity contribution is 7.22. The van der Waals surface area contributed by atoms with Crippen LogP contribution in [0.25, 0.3) is 10.2 Å². The van der Waals surface area contributed by atoms with Gasteiger partial charge in [-0.15, -0.1) is 0 Å². The smallest absolute Gasteiger partial charge is 0.231 e. The summed E-state index contributed by atoms with van der Waals surface area (Å²) in [7, 11) is 0. The zero-order chi connectivity index (χ0) is 16.7. The first kappa shape index (κ1) is 15.4. The Bertz CT molecular complexity index is 885. The summed E-state index contributed by atoms with van der Waals surface area (Å²) in [5, 5.41) is 4.59. The van der Waals surface area contributed by atoms with Gasteiger partial charge in [0, 0.05) is 23.8 Å². The lowest BCUT2D eigenvalue weighted by atomic mass is 10.00. The second-order valence-corrected chi connectivity index (χ2v) is 7.44. The van der Waals surface area contributed by atoms with Gasteiger partial charge < -0.3 is 10.2 Å². The minimum absolute atomic E-state index is 0.0166. The van der Waals surface area contributed by atoms with E-state index in [1.54, 1.807) is 17.4 Å². The molecule has 1 aliphatic rings. The molecular formula is C18H16ClN3OS. The van der Waals surface area contributed by atoms with Gasteiger partial charge in [0.1, 0.15) is 0 Å². The zero-order valence-corrected chi connectivity index (χ0v) is 14.7. The van der Waals surface area contributed by atoms with Crippen molar-refractivity contribution in [3.63, 3.8) is 0 Å². The number of nitrogens with zero attached hydrogens (tertiary/aromatic N) is 2. The van der Waals surface area contributed by atoms with Crippen molar-refractivity contribution in [3.05, 3.63) is 53.1 Å². The Labute approximate surface area is 149 Å². The molecule has 6 heteroatoms. The first-order valence-corrected chi connectivity index (χ1v) is 8.97. The zero-order valence-electron chi connectivity index (χ0n) is 13.1. The van der Waals surface area contributed by atoms with E-state index in [0.717, 1.165) is 21.9 Å². The number of aryl methyl sites for hydroxylation is 1. The average Bonchev–Trinajstić information content (AvgIpc) is 2.93. The molecule has 1 N–H and O–H groups in total. The lowest BCUT2D eigenvalue weighted by Crippen LogP contribution is -2.52. The Hall–Kier alpha value is -2.11. The van der Waals surface area contributed by atoms with Gasteiger partial charge in [0.05, 0.1) is 16.1 Å². The molecule has 122 valence electrons. The number of nitrogens with one attached hydrogen (secondary N) is 1. The fourth-order valence-electron chi connectivity index (χ4n) is 2.71. The molecule has 1 saturated heterocycles. The lowest BCUT2D eigenvalue weighted by Gasteiger charge is -2.37. The fraction of sp³-hybridized carbons (Fsp3) is 0.222. The van der Waals surface area contributed by atoms with Crippen molar-refractivity contribution in [1.29, 1.82) is 0 Å². The molecule has 0 unspecified atom stereocenters. The third-order valence-corrected chi connectivity index (χ3v) is 5.75. The molecule has 0 spiro atoms. The quantitative estimate of drug-likeness (QED) is 0.758. The van der Waals surface area contributed by atoms with E-state index in [9.17, 15) is 4.79 Å². The number of anilines is 2. The van der Waals surface area contributed by atoms with Crippen molar-refractivity contribution in [3.8, 4) is 0 Å². The third-order valence-electron chi connectivity index (χ3n) is 4.24. The monoisotopic (exact) mass is 357 g/mol. The maximum Gasteiger partial charge on any atom is 0.231 e. The first-order chi connectivity index (χ1) is 11.6. The summed E-state index contributed by atoms with van der Waals surface area (Å²) in [4.78, 5) is 19.1. The average molecular weight is 358 g/mol. The van der Waals surface area contributed by atoms with E-state index >= 15 is 0 Å². The van der Waals surface area contributed by atoms with E-state index in [2.05, 4.69) is 21.3 Å². The Morgan fingerprint density at radius 2 is 2.08 bits per heavy atom. The molecule has 0 radical (unpaired) electrons. The SMILES string of the molecule is Cc1ccc(NC(=O)C2CN(c3nc4ccccc4s3)C2)cc1Cl. The van der Waals surface area contributed by atoms with Crippen LogP contribution in [0.1, 0.15) is 5.56 Å². The van der Waals surface area contributed by atoms with Crippen molar-refractivity contribution >= 4 is 49.9 Å². The van der Waals surface area contributed by atoms with Crippen LogP contribution in [0.3, 0.4) is 0 Å². The number of amides is 1. The van der Waals surface area contributed by atoms with Crippen molar-refractivity contribution in [2.75, 3.05) is 23.3 Å². The van der Waals surface area contributed by atoms with Gasteiger partial charge in [-0.05, 0) is 36.8 Å². The molecule has 0 aliphatic carbocycles. The largest absolute Gasteiger partial charge is 0.346 e. The number of para-hydroxylation sites is 1. The summed E-state index contributed by atoms with van der Waals surface area (Å²) < 4.78 is 1.18. The molecule has 1 aliphatic heterocycles. The molecule has 24 heavy (non-hydrogen) atoms. The molecule has 2 heterocycles. The highest BCUT2D eigenvalue weighted by atomic mass is 35.5. The number of hydrogen-bond acceptors (Lipinski definition) is 4. The van der Waals surface area contributed by atoms with Gasteiger partial charge >= 0.3 is 0 Å². The molecule has 2 aromatic carbocycles. The first-order valence-electron chi connectivity index (χ1n) is 7.78. The minimum atomic E-state index is -0.0166. The van der Waals surface area contributed by atoms with Crippen LogP contribution < -0.4 is 10.2 Å². The fourth-order valence-corrected chi connectivity index (χ4v) is 3.88. The Balaban J connectivity index is 1.39. The molecule has 4 rings (SSSR count). The summed E-state index contributed by atoms with van der Waals surface area (Å²) in [6, 6.07) is 13.7. The Kier molecular flexibility index (Phi) is 3.90. The van der Waals surface area contributed by atoms with Gasteiger partial charge in [-0.2, -0.15) is 0 Å². The van der Waals surface area contributed by atoms with Crippen molar-refractivity contribution in [2.24, 2.45) is 5.92 Å². The van der Waals surface area contributed by atoms with Crippen molar-refractivity contribution in [2.45, 2.75) is 6.92 Å². The molecule has 4 nitrogen and oxygen atoms in total. The van der Waals surface area contributed by atoms with Gasteiger partial charge in [-0.25, -0.2) is 4.98 Å². The van der Waals surface area contributed by atoms with Crippen LogP contribution in [0.4, 0.5) is 10.8 Å². The molecule has 3 aromatic rings. The molecule has 0 atom stereocenters.